The van der Waals surface area contributed by atoms with Crippen molar-refractivity contribution in [2.24, 2.45) is 0 Å². The Balaban J connectivity index is 0.000000217. The number of nitrogens with zero attached hydrogens (tertiary/aromatic N) is 1. The first-order valence-corrected chi connectivity index (χ1v) is 6.39. The van der Waals surface area contributed by atoms with Crippen LogP contribution in [-0.2, 0) is 18.9 Å². The van der Waals surface area contributed by atoms with E-state index in [1.54, 1.807) is 0 Å². The van der Waals surface area contributed by atoms with E-state index in [-0.39, 0.29) is 12.6 Å². The van der Waals surface area contributed by atoms with Crippen molar-refractivity contribution in [3.05, 3.63) is 22.7 Å². The maximum absolute atomic E-state index is 10.2. The molecule has 0 amide bonds. The zero-order valence-electron chi connectivity index (χ0n) is 11.7. The van der Waals surface area contributed by atoms with E-state index in [0.29, 0.717) is 32.2 Å². The summed E-state index contributed by atoms with van der Waals surface area (Å²) < 4.78 is 20.8. The topological polar surface area (TPSA) is 109 Å². The Kier molecular flexibility index (Phi) is 7.81. The first-order valence-electron chi connectivity index (χ1n) is 6.39. The highest BCUT2D eigenvalue weighted by Gasteiger charge is 2.16. The van der Waals surface area contributed by atoms with Crippen LogP contribution in [0.5, 0.6) is 0 Å². The molecule has 1 aliphatic heterocycles. The van der Waals surface area contributed by atoms with E-state index in [9.17, 15) is 4.79 Å². The minimum Gasteiger partial charge on any atom is -0.385 e. The second-order valence-corrected chi connectivity index (χ2v) is 3.86. The number of nitrogens with one attached hydrogen (secondary N) is 1. The van der Waals surface area contributed by atoms with Gasteiger partial charge in [-0.3, -0.25) is 4.98 Å². The molecule has 0 spiro atoms. The highest BCUT2D eigenvalue weighted by Crippen LogP contribution is 2.05. The predicted molar refractivity (Wildman–Crippen MR) is 72.0 cm³/mol. The highest BCUT2D eigenvalue weighted by molar-refractivity contribution is 5.22. The Morgan fingerprint density at radius 3 is 2.70 bits per heavy atom. The van der Waals surface area contributed by atoms with Crippen molar-refractivity contribution in [2.75, 3.05) is 32.2 Å². The third kappa shape index (κ3) is 7.19. The van der Waals surface area contributed by atoms with Crippen LogP contribution in [0.3, 0.4) is 0 Å². The molecule has 20 heavy (non-hydrogen) atoms. The smallest absolute Gasteiger partial charge is 0.346 e. The first-order chi connectivity index (χ1) is 9.61. The summed E-state index contributed by atoms with van der Waals surface area (Å²) in [5.74, 6) is 0.338. The van der Waals surface area contributed by atoms with Gasteiger partial charge in [0.05, 0.1) is 13.2 Å². The monoisotopic (exact) mass is 287 g/mol. The molecule has 1 atom stereocenters. The average Bonchev–Trinajstić information content (AvgIpc) is 2.90. The zero-order chi connectivity index (χ0) is 14.8. The van der Waals surface area contributed by atoms with Gasteiger partial charge in [-0.25, -0.2) is 9.78 Å². The molecule has 2 rings (SSSR count). The van der Waals surface area contributed by atoms with Crippen LogP contribution in [0.15, 0.2) is 17.1 Å². The Labute approximate surface area is 117 Å². The van der Waals surface area contributed by atoms with Gasteiger partial charge in [0, 0.05) is 12.8 Å². The van der Waals surface area contributed by atoms with Crippen LogP contribution in [-0.4, -0.2) is 49.0 Å². The number of hydrogen-bond donors (Lipinski definition) is 2. The molecular weight excluding hydrogens is 266 g/mol. The van der Waals surface area contributed by atoms with Gasteiger partial charge in [0.25, 0.3) is 0 Å². The summed E-state index contributed by atoms with van der Waals surface area (Å²) in [6.07, 6.45) is 0.976. The lowest BCUT2D eigenvalue weighted by molar-refractivity contribution is -0.176. The molecule has 8 heteroatoms. The predicted octanol–water partition coefficient (Wildman–Crippen LogP) is 0.111. The normalized spacial score (nSPS) is 16.5. The fraction of sp³-hybridized carbons (Fsp3) is 0.667. The second kappa shape index (κ2) is 9.43. The van der Waals surface area contributed by atoms with Gasteiger partial charge < -0.3 is 24.7 Å². The van der Waals surface area contributed by atoms with Gasteiger partial charge in [-0.05, 0) is 19.9 Å². The van der Waals surface area contributed by atoms with Crippen molar-refractivity contribution in [3.8, 4) is 0 Å². The number of H-pyrrole nitrogens is 1. The van der Waals surface area contributed by atoms with Crippen LogP contribution in [0.4, 0.5) is 5.82 Å². The minimum atomic E-state index is -0.412. The number of rotatable bonds is 5. The van der Waals surface area contributed by atoms with Crippen molar-refractivity contribution in [3.63, 3.8) is 0 Å². The lowest BCUT2D eigenvalue weighted by Crippen LogP contribution is -2.22. The van der Waals surface area contributed by atoms with Gasteiger partial charge >= 0.3 is 5.69 Å². The first kappa shape index (κ1) is 16.6. The maximum Gasteiger partial charge on any atom is 0.346 e. The molecule has 3 N–H and O–H groups in total. The summed E-state index contributed by atoms with van der Waals surface area (Å²) in [6, 6.07) is 1.52. The van der Waals surface area contributed by atoms with Gasteiger partial charge in [-0.1, -0.05) is 0 Å². The van der Waals surface area contributed by atoms with Gasteiger partial charge in [-0.2, -0.15) is 0 Å². The molecule has 1 aliphatic rings. The Bertz CT molecular complexity index is 420. The summed E-state index contributed by atoms with van der Waals surface area (Å²) in [4.78, 5) is 15.9. The van der Waals surface area contributed by atoms with Crippen molar-refractivity contribution < 1.29 is 18.9 Å². The quantitative estimate of drug-likeness (QED) is 0.740. The SMILES string of the molecule is CCOC(C)OCC1OCCO1.Nc1ccnc(=O)[nH]1. The number of nitrogens with two attached hydrogens (primary N) is 1. The standard InChI is InChI=1S/C8H16O4.C4H5N3O/c1-3-9-7(2)12-6-8-10-4-5-11-8;5-3-1-2-6-4(8)7-3/h7-8H,3-6H2,1-2H3;1-2H,(H3,5,6,7,8). The Morgan fingerprint density at radius 1 is 1.50 bits per heavy atom. The molecule has 1 fully saturated rings. The number of nitrogen functional groups attached to an aromatic ring is 1. The second-order valence-electron chi connectivity index (χ2n) is 3.86. The largest absolute Gasteiger partial charge is 0.385 e. The number of anilines is 1. The molecule has 8 nitrogen and oxygen atoms in total. The molecule has 0 aliphatic carbocycles. The molecular formula is C12H21N3O5. The molecule has 1 aromatic heterocycles. The number of aromatic nitrogens is 2. The number of ether oxygens (including phenoxy) is 4. The molecule has 0 bridgehead atoms. The van der Waals surface area contributed by atoms with Crippen molar-refractivity contribution in [1.29, 1.82) is 0 Å². The van der Waals surface area contributed by atoms with Gasteiger partial charge in [0.1, 0.15) is 12.4 Å². The van der Waals surface area contributed by atoms with E-state index in [4.69, 9.17) is 24.7 Å². The van der Waals surface area contributed by atoms with Crippen LogP contribution < -0.4 is 11.4 Å². The summed E-state index contributed by atoms with van der Waals surface area (Å²) in [5.41, 5.74) is 4.75. The number of hydrogen-bond acceptors (Lipinski definition) is 7. The van der Waals surface area contributed by atoms with E-state index in [1.807, 2.05) is 13.8 Å². The van der Waals surface area contributed by atoms with Crippen molar-refractivity contribution in [1.82, 2.24) is 9.97 Å². The van der Waals surface area contributed by atoms with Crippen molar-refractivity contribution >= 4 is 5.82 Å². The lowest BCUT2D eigenvalue weighted by Gasteiger charge is -2.15. The van der Waals surface area contributed by atoms with E-state index in [1.165, 1.54) is 12.3 Å². The molecule has 0 aromatic carbocycles. The summed E-state index contributed by atoms with van der Waals surface area (Å²) >= 11 is 0. The Hall–Kier alpha value is -1.48. The lowest BCUT2D eigenvalue weighted by atomic mass is 10.6. The van der Waals surface area contributed by atoms with E-state index in [2.05, 4.69) is 9.97 Å². The molecule has 0 saturated carbocycles. The third-order valence-electron chi connectivity index (χ3n) is 2.26. The van der Waals surface area contributed by atoms with Gasteiger partial charge in [0.2, 0.25) is 0 Å². The van der Waals surface area contributed by atoms with Gasteiger partial charge in [0.15, 0.2) is 12.6 Å². The Morgan fingerprint density at radius 2 is 2.20 bits per heavy atom. The van der Waals surface area contributed by atoms with Crippen LogP contribution >= 0.6 is 0 Å². The van der Waals surface area contributed by atoms with Crippen LogP contribution in [0.25, 0.3) is 0 Å². The van der Waals surface area contributed by atoms with Crippen LogP contribution in [0.2, 0.25) is 0 Å². The van der Waals surface area contributed by atoms with Crippen LogP contribution in [0.1, 0.15) is 13.8 Å². The molecule has 1 saturated heterocycles. The van der Waals surface area contributed by atoms with Gasteiger partial charge in [-0.15, -0.1) is 0 Å². The fourth-order valence-corrected chi connectivity index (χ4v) is 1.38. The average molecular weight is 287 g/mol. The fourth-order valence-electron chi connectivity index (χ4n) is 1.38. The summed E-state index contributed by atoms with van der Waals surface area (Å²) in [7, 11) is 0. The summed E-state index contributed by atoms with van der Waals surface area (Å²) in [6.45, 7) is 6.23. The van der Waals surface area contributed by atoms with E-state index < -0.39 is 5.69 Å². The number of aromatic amines is 1. The molecule has 1 aromatic rings. The van der Waals surface area contributed by atoms with E-state index in [0.717, 1.165) is 0 Å². The third-order valence-corrected chi connectivity index (χ3v) is 2.26. The van der Waals surface area contributed by atoms with Crippen LogP contribution in [0, 0.1) is 0 Å². The maximum atomic E-state index is 10.2. The molecule has 114 valence electrons. The molecule has 2 heterocycles. The van der Waals surface area contributed by atoms with E-state index >= 15 is 0 Å². The molecule has 1 unspecified atom stereocenters. The van der Waals surface area contributed by atoms with Crippen molar-refractivity contribution in [2.45, 2.75) is 26.4 Å². The summed E-state index contributed by atoms with van der Waals surface area (Å²) in [5, 5.41) is 0. The molecule has 0 radical (unpaired) electrons. The highest BCUT2D eigenvalue weighted by atomic mass is 16.7. The zero-order valence-corrected chi connectivity index (χ0v) is 11.7. The minimum absolute atomic E-state index is 0.178.